The first-order valence-corrected chi connectivity index (χ1v) is 7.10. The average molecular weight is 252 g/mol. The molecule has 1 aromatic carbocycles. The maximum Gasteiger partial charge on any atom is 0.0408 e. The Balaban J connectivity index is 2.67. The third kappa shape index (κ3) is 4.35. The number of rotatable bonds is 7. The molecule has 0 aromatic heterocycles. The molecule has 0 nitrogen and oxygen atoms in total. The quantitative estimate of drug-likeness (QED) is 0.538. The average Bonchev–Trinajstić information content (AvgIpc) is 2.34. The van der Waals surface area contributed by atoms with Crippen LogP contribution in [0.4, 0.5) is 0 Å². The Bertz CT molecular complexity index is 332. The zero-order valence-corrected chi connectivity index (χ0v) is 12.1. The lowest BCUT2D eigenvalue weighted by atomic mass is 9.76. The molecule has 0 bridgehead atoms. The van der Waals surface area contributed by atoms with E-state index in [0.717, 1.165) is 11.4 Å². The second-order valence-electron chi connectivity index (χ2n) is 4.98. The molecule has 0 spiro atoms. The molecule has 0 aliphatic rings. The van der Waals surface area contributed by atoms with Gasteiger partial charge in [-0.2, -0.15) is 0 Å². The molecule has 0 amide bonds. The van der Waals surface area contributed by atoms with Gasteiger partial charge < -0.3 is 0 Å². The number of benzene rings is 1. The highest BCUT2D eigenvalue weighted by Gasteiger charge is 2.24. The van der Waals surface area contributed by atoms with Crippen LogP contribution >= 0.6 is 11.6 Å². The monoisotopic (exact) mass is 251 g/mol. The topological polar surface area (TPSA) is 0 Å². The van der Waals surface area contributed by atoms with E-state index in [1.54, 1.807) is 0 Å². The van der Waals surface area contributed by atoms with Gasteiger partial charge in [-0.1, -0.05) is 63.8 Å². The maximum atomic E-state index is 6.08. The Labute approximate surface area is 111 Å². The fourth-order valence-corrected chi connectivity index (χ4v) is 2.32. The number of hydrogen-bond donors (Lipinski definition) is 0. The summed E-state index contributed by atoms with van der Waals surface area (Å²) in [7, 11) is 0. The number of unbranched alkanes of at least 4 members (excludes halogenated alkanes) is 3. The molecule has 0 N–H and O–H groups in total. The summed E-state index contributed by atoms with van der Waals surface area (Å²) in [5.74, 6) is 0. The minimum Gasteiger partial charge on any atom is -0.0843 e. The standard InChI is InChI=1S/C16H24Cl/c1-4-6-7-8-12-16(3,5-2)14-10-9-11-15(17)13-14/h9-13H,4-8H2,1-3H3. The lowest BCUT2D eigenvalue weighted by Crippen LogP contribution is -2.21. The van der Waals surface area contributed by atoms with Crippen molar-refractivity contribution in [3.8, 4) is 0 Å². The molecule has 17 heavy (non-hydrogen) atoms. The normalized spacial score (nSPS) is 14.6. The Morgan fingerprint density at radius 3 is 2.59 bits per heavy atom. The van der Waals surface area contributed by atoms with Crippen molar-refractivity contribution in [1.82, 2.24) is 0 Å². The summed E-state index contributed by atoms with van der Waals surface area (Å²) in [6.07, 6.45) is 8.70. The van der Waals surface area contributed by atoms with Gasteiger partial charge in [0.05, 0.1) is 0 Å². The van der Waals surface area contributed by atoms with Crippen LogP contribution in [0.15, 0.2) is 24.3 Å². The van der Waals surface area contributed by atoms with Gasteiger partial charge in [0.25, 0.3) is 0 Å². The molecule has 0 aliphatic heterocycles. The van der Waals surface area contributed by atoms with Gasteiger partial charge in [-0.3, -0.25) is 0 Å². The SMILES string of the molecule is CCCCC[CH]C(C)(CC)c1cccc(Cl)c1. The van der Waals surface area contributed by atoms with Crippen LogP contribution in [0.2, 0.25) is 5.02 Å². The van der Waals surface area contributed by atoms with E-state index < -0.39 is 0 Å². The zero-order chi connectivity index (χ0) is 12.7. The van der Waals surface area contributed by atoms with Crippen LogP contribution in [0, 0.1) is 6.42 Å². The summed E-state index contributed by atoms with van der Waals surface area (Å²) < 4.78 is 0. The van der Waals surface area contributed by atoms with E-state index >= 15 is 0 Å². The van der Waals surface area contributed by atoms with E-state index in [2.05, 4.69) is 39.3 Å². The molecule has 0 saturated heterocycles. The predicted molar refractivity (Wildman–Crippen MR) is 77.5 cm³/mol. The Kier molecular flexibility index (Phi) is 6.05. The molecule has 1 rings (SSSR count). The fourth-order valence-electron chi connectivity index (χ4n) is 2.13. The van der Waals surface area contributed by atoms with Gasteiger partial charge in [-0.15, -0.1) is 0 Å². The minimum absolute atomic E-state index is 0.165. The van der Waals surface area contributed by atoms with E-state index in [9.17, 15) is 0 Å². The molecular weight excluding hydrogens is 228 g/mol. The molecule has 1 heteroatoms. The maximum absolute atomic E-state index is 6.08. The van der Waals surface area contributed by atoms with Crippen molar-refractivity contribution in [3.05, 3.63) is 41.3 Å². The van der Waals surface area contributed by atoms with E-state index in [4.69, 9.17) is 11.6 Å². The molecule has 1 unspecified atom stereocenters. The first-order valence-electron chi connectivity index (χ1n) is 6.73. The first kappa shape index (κ1) is 14.6. The van der Waals surface area contributed by atoms with Crippen LogP contribution in [0.25, 0.3) is 0 Å². The zero-order valence-electron chi connectivity index (χ0n) is 11.3. The summed E-state index contributed by atoms with van der Waals surface area (Å²) in [6, 6.07) is 8.27. The van der Waals surface area contributed by atoms with E-state index in [1.165, 1.54) is 31.2 Å². The van der Waals surface area contributed by atoms with E-state index in [-0.39, 0.29) is 5.41 Å². The van der Waals surface area contributed by atoms with Crippen LogP contribution in [0.3, 0.4) is 0 Å². The molecule has 0 heterocycles. The van der Waals surface area contributed by atoms with Gasteiger partial charge in [-0.25, -0.2) is 0 Å². The van der Waals surface area contributed by atoms with Crippen molar-refractivity contribution in [2.45, 2.75) is 58.3 Å². The summed E-state index contributed by atoms with van der Waals surface area (Å²) in [6.45, 7) is 6.80. The van der Waals surface area contributed by atoms with Gasteiger partial charge in [0, 0.05) is 5.02 Å². The second-order valence-corrected chi connectivity index (χ2v) is 5.42. The highest BCUT2D eigenvalue weighted by molar-refractivity contribution is 6.30. The van der Waals surface area contributed by atoms with Gasteiger partial charge in [0.15, 0.2) is 0 Å². The fraction of sp³-hybridized carbons (Fsp3) is 0.562. The third-order valence-electron chi connectivity index (χ3n) is 3.62. The lowest BCUT2D eigenvalue weighted by Gasteiger charge is -2.29. The highest BCUT2D eigenvalue weighted by Crippen LogP contribution is 2.33. The summed E-state index contributed by atoms with van der Waals surface area (Å²) >= 11 is 6.08. The molecular formula is C16H24Cl. The van der Waals surface area contributed by atoms with Crippen LogP contribution in [0.5, 0.6) is 0 Å². The van der Waals surface area contributed by atoms with Crippen LogP contribution < -0.4 is 0 Å². The Morgan fingerprint density at radius 2 is 2.00 bits per heavy atom. The number of halogens is 1. The van der Waals surface area contributed by atoms with Gasteiger partial charge in [0.1, 0.15) is 0 Å². The lowest BCUT2D eigenvalue weighted by molar-refractivity contribution is 0.497. The first-order chi connectivity index (χ1) is 8.12. The van der Waals surface area contributed by atoms with Crippen molar-refractivity contribution in [2.75, 3.05) is 0 Å². The molecule has 1 atom stereocenters. The van der Waals surface area contributed by atoms with Crippen LogP contribution in [-0.2, 0) is 5.41 Å². The Morgan fingerprint density at radius 1 is 1.24 bits per heavy atom. The van der Waals surface area contributed by atoms with Crippen molar-refractivity contribution >= 4 is 11.6 Å². The van der Waals surface area contributed by atoms with Gasteiger partial charge in [-0.05, 0) is 42.4 Å². The van der Waals surface area contributed by atoms with Crippen molar-refractivity contribution in [1.29, 1.82) is 0 Å². The molecule has 1 radical (unpaired) electrons. The van der Waals surface area contributed by atoms with Crippen LogP contribution in [0.1, 0.15) is 58.4 Å². The smallest absolute Gasteiger partial charge is 0.0408 e. The van der Waals surface area contributed by atoms with Crippen LogP contribution in [-0.4, -0.2) is 0 Å². The highest BCUT2D eigenvalue weighted by atomic mass is 35.5. The van der Waals surface area contributed by atoms with E-state index in [0.29, 0.717) is 0 Å². The summed E-state index contributed by atoms with van der Waals surface area (Å²) in [5.41, 5.74) is 1.50. The third-order valence-corrected chi connectivity index (χ3v) is 3.86. The second kappa shape index (κ2) is 7.06. The van der Waals surface area contributed by atoms with Gasteiger partial charge in [0.2, 0.25) is 0 Å². The molecule has 0 fully saturated rings. The largest absolute Gasteiger partial charge is 0.0843 e. The van der Waals surface area contributed by atoms with Gasteiger partial charge >= 0.3 is 0 Å². The molecule has 0 saturated carbocycles. The predicted octanol–water partition coefficient (Wildman–Crippen LogP) is 5.79. The molecule has 0 aliphatic carbocycles. The minimum atomic E-state index is 0.165. The van der Waals surface area contributed by atoms with Crippen molar-refractivity contribution in [3.63, 3.8) is 0 Å². The summed E-state index contributed by atoms with van der Waals surface area (Å²) in [4.78, 5) is 0. The van der Waals surface area contributed by atoms with Crippen molar-refractivity contribution in [2.24, 2.45) is 0 Å². The Hall–Kier alpha value is -0.490. The molecule has 1 aromatic rings. The number of hydrogen-bond acceptors (Lipinski definition) is 0. The molecule has 95 valence electrons. The van der Waals surface area contributed by atoms with Crippen molar-refractivity contribution < 1.29 is 0 Å². The van der Waals surface area contributed by atoms with E-state index in [1.807, 2.05) is 12.1 Å². The summed E-state index contributed by atoms with van der Waals surface area (Å²) in [5, 5.41) is 0.837.